The van der Waals surface area contributed by atoms with Crippen molar-refractivity contribution in [2.75, 3.05) is 40.8 Å². The fourth-order valence-corrected chi connectivity index (χ4v) is 3.54. The molecule has 2 aromatic rings. The summed E-state index contributed by atoms with van der Waals surface area (Å²) in [6.45, 7) is 9.39. The molecule has 0 fully saturated rings. The maximum atomic E-state index is 12.4. The van der Waals surface area contributed by atoms with Crippen molar-refractivity contribution in [3.63, 3.8) is 0 Å². The van der Waals surface area contributed by atoms with Crippen molar-refractivity contribution in [3.05, 3.63) is 35.5 Å². The minimum atomic E-state index is -1.17. The number of rotatable bonds is 11. The average Bonchev–Trinajstić information content (AvgIpc) is 3.03. The van der Waals surface area contributed by atoms with Crippen LogP contribution in [0, 0.1) is 0 Å². The summed E-state index contributed by atoms with van der Waals surface area (Å²) in [7, 11) is 4.58. The molecule has 2 rings (SSSR count). The van der Waals surface area contributed by atoms with Gasteiger partial charge in [0.25, 0.3) is 0 Å². The van der Waals surface area contributed by atoms with Crippen molar-refractivity contribution < 1.29 is 14.3 Å². The summed E-state index contributed by atoms with van der Waals surface area (Å²) in [4.78, 5) is 27.3. The predicted octanol–water partition coefficient (Wildman–Crippen LogP) is 3.19. The summed E-state index contributed by atoms with van der Waals surface area (Å²) in [5.41, 5.74) is 2.09. The highest BCUT2D eigenvalue weighted by Gasteiger charge is 2.14. The number of aldehydes is 1. The number of carbonyl (C=O) groups is 2. The topological polar surface area (TPSA) is 67.7 Å². The molecule has 1 aromatic heterocycles. The Kier molecular flexibility index (Phi) is 8.51. The van der Waals surface area contributed by atoms with E-state index < -0.39 is 8.07 Å². The lowest BCUT2D eigenvalue weighted by Crippen LogP contribution is -2.32. The van der Waals surface area contributed by atoms with Gasteiger partial charge in [-0.15, -0.1) is 0 Å². The summed E-state index contributed by atoms with van der Waals surface area (Å²) in [6, 6.07) is 6.51. The van der Waals surface area contributed by atoms with Gasteiger partial charge in [0.15, 0.2) is 0 Å². The van der Waals surface area contributed by atoms with Gasteiger partial charge in [0.1, 0.15) is 13.0 Å². The highest BCUT2D eigenvalue weighted by molar-refractivity contribution is 6.76. The molecule has 0 atom stereocenters. The van der Waals surface area contributed by atoms with Gasteiger partial charge < -0.3 is 14.5 Å². The molecule has 0 saturated heterocycles. The molecule has 1 amide bonds. The second-order valence-corrected chi connectivity index (χ2v) is 14.6. The minimum Gasteiger partial charge on any atom is -0.360 e. The maximum absolute atomic E-state index is 12.4. The van der Waals surface area contributed by atoms with E-state index in [4.69, 9.17) is 4.74 Å². The van der Waals surface area contributed by atoms with Gasteiger partial charge in [-0.1, -0.05) is 25.7 Å². The van der Waals surface area contributed by atoms with Crippen molar-refractivity contribution in [1.82, 2.24) is 19.6 Å². The standard InChI is InChI=1S/C22H34N4O3Si/c1-24(2)11-12-25(3)22(28)10-9-20-19-8-7-18(16-27)15-21(19)26(23-20)17-29-13-14-30(4,5)6/h7-10,15-16H,11-14,17H2,1-6H3. The van der Waals surface area contributed by atoms with Gasteiger partial charge in [-0.05, 0) is 38.3 Å². The lowest BCUT2D eigenvalue weighted by atomic mass is 10.1. The van der Waals surface area contributed by atoms with Crippen LogP contribution in [0.5, 0.6) is 0 Å². The SMILES string of the molecule is CN(C)CCN(C)C(=O)C=Cc1nn(COCC[Si](C)(C)C)c2cc(C=O)ccc12. The second kappa shape index (κ2) is 10.7. The van der Waals surface area contributed by atoms with E-state index in [1.54, 1.807) is 40.9 Å². The number of fused-ring (bicyclic) bond motifs is 1. The zero-order valence-corrected chi connectivity index (χ0v) is 20.0. The molecular weight excluding hydrogens is 396 g/mol. The Morgan fingerprint density at radius 3 is 2.57 bits per heavy atom. The van der Waals surface area contributed by atoms with E-state index in [0.29, 0.717) is 31.1 Å². The second-order valence-electron chi connectivity index (χ2n) is 9.02. The molecule has 0 aliphatic rings. The van der Waals surface area contributed by atoms with E-state index in [1.807, 2.05) is 25.1 Å². The van der Waals surface area contributed by atoms with Crippen LogP contribution in [0.2, 0.25) is 25.7 Å². The number of benzene rings is 1. The fourth-order valence-electron chi connectivity index (χ4n) is 2.78. The molecule has 0 aliphatic heterocycles. The third-order valence-electron chi connectivity index (χ3n) is 4.79. The molecule has 164 valence electrons. The van der Waals surface area contributed by atoms with Crippen LogP contribution in [0.1, 0.15) is 16.1 Å². The van der Waals surface area contributed by atoms with Gasteiger partial charge in [0.2, 0.25) is 5.91 Å². The zero-order valence-electron chi connectivity index (χ0n) is 19.0. The molecule has 0 N–H and O–H groups in total. The van der Waals surface area contributed by atoms with Gasteiger partial charge in [0, 0.05) is 51.8 Å². The van der Waals surface area contributed by atoms with Crippen LogP contribution >= 0.6 is 0 Å². The lowest BCUT2D eigenvalue weighted by molar-refractivity contribution is -0.124. The van der Waals surface area contributed by atoms with E-state index in [1.165, 1.54) is 0 Å². The van der Waals surface area contributed by atoms with Crippen molar-refractivity contribution in [3.8, 4) is 0 Å². The van der Waals surface area contributed by atoms with Gasteiger partial charge in [-0.3, -0.25) is 9.59 Å². The van der Waals surface area contributed by atoms with Crippen LogP contribution in [0.15, 0.2) is 24.3 Å². The minimum absolute atomic E-state index is 0.0737. The van der Waals surface area contributed by atoms with Gasteiger partial charge >= 0.3 is 0 Å². The molecule has 0 radical (unpaired) electrons. The number of hydrogen-bond acceptors (Lipinski definition) is 5. The Balaban J connectivity index is 2.19. The summed E-state index contributed by atoms with van der Waals surface area (Å²) < 4.78 is 7.61. The molecule has 0 bridgehead atoms. The van der Waals surface area contributed by atoms with Crippen molar-refractivity contribution in [2.24, 2.45) is 0 Å². The Morgan fingerprint density at radius 2 is 1.93 bits per heavy atom. The summed E-state index contributed by atoms with van der Waals surface area (Å²) in [5.74, 6) is -0.0737. The number of amides is 1. The Hall–Kier alpha value is -2.29. The highest BCUT2D eigenvalue weighted by Crippen LogP contribution is 2.21. The molecule has 30 heavy (non-hydrogen) atoms. The van der Waals surface area contributed by atoms with Crippen LogP contribution in [0.25, 0.3) is 17.0 Å². The lowest BCUT2D eigenvalue weighted by Gasteiger charge is -2.17. The van der Waals surface area contributed by atoms with Crippen LogP contribution < -0.4 is 0 Å². The largest absolute Gasteiger partial charge is 0.360 e. The molecular formula is C22H34N4O3Si. The Morgan fingerprint density at radius 1 is 1.20 bits per heavy atom. The number of ether oxygens (including phenoxy) is 1. The normalized spacial score (nSPS) is 12.2. The molecule has 0 saturated carbocycles. The van der Waals surface area contributed by atoms with Crippen LogP contribution in [0.3, 0.4) is 0 Å². The van der Waals surface area contributed by atoms with E-state index in [0.717, 1.165) is 29.8 Å². The Bertz CT molecular complexity index is 900. The third kappa shape index (κ3) is 7.19. The number of nitrogens with zero attached hydrogens (tertiary/aromatic N) is 4. The van der Waals surface area contributed by atoms with Crippen molar-refractivity contribution in [2.45, 2.75) is 32.4 Å². The molecule has 8 heteroatoms. The first-order valence-corrected chi connectivity index (χ1v) is 13.9. The zero-order chi connectivity index (χ0) is 22.3. The van der Waals surface area contributed by atoms with E-state index in [9.17, 15) is 9.59 Å². The van der Waals surface area contributed by atoms with Crippen molar-refractivity contribution >= 4 is 37.2 Å². The van der Waals surface area contributed by atoms with Crippen LogP contribution in [0.4, 0.5) is 0 Å². The molecule has 0 aliphatic carbocycles. The summed E-state index contributed by atoms with van der Waals surface area (Å²) in [6.07, 6.45) is 4.10. The molecule has 7 nitrogen and oxygen atoms in total. The first-order valence-electron chi connectivity index (χ1n) is 10.2. The van der Waals surface area contributed by atoms with Crippen LogP contribution in [-0.4, -0.2) is 80.7 Å². The Labute approximate surface area is 180 Å². The number of aromatic nitrogens is 2. The smallest absolute Gasteiger partial charge is 0.246 e. The summed E-state index contributed by atoms with van der Waals surface area (Å²) in [5, 5.41) is 5.51. The third-order valence-corrected chi connectivity index (χ3v) is 6.50. The number of likely N-dealkylation sites (N-methyl/N-ethyl adjacent to an activating group) is 2. The van der Waals surface area contributed by atoms with Crippen LogP contribution in [-0.2, 0) is 16.3 Å². The van der Waals surface area contributed by atoms with Gasteiger partial charge in [0.05, 0.1) is 11.2 Å². The summed E-state index contributed by atoms with van der Waals surface area (Å²) >= 11 is 0. The highest BCUT2D eigenvalue weighted by atomic mass is 28.3. The first-order chi connectivity index (χ1) is 14.1. The number of carbonyl (C=O) groups excluding carboxylic acids is 2. The molecule has 1 heterocycles. The average molecular weight is 431 g/mol. The van der Waals surface area contributed by atoms with E-state index >= 15 is 0 Å². The van der Waals surface area contributed by atoms with Crippen molar-refractivity contribution in [1.29, 1.82) is 0 Å². The predicted molar refractivity (Wildman–Crippen MR) is 124 cm³/mol. The molecule has 0 spiro atoms. The maximum Gasteiger partial charge on any atom is 0.246 e. The van der Waals surface area contributed by atoms with Gasteiger partial charge in [-0.2, -0.15) is 5.10 Å². The quantitative estimate of drug-likeness (QED) is 0.237. The molecule has 0 unspecified atom stereocenters. The molecule has 1 aromatic carbocycles. The monoisotopic (exact) mass is 430 g/mol. The first kappa shape index (κ1) is 24.0. The number of hydrogen-bond donors (Lipinski definition) is 0. The van der Waals surface area contributed by atoms with E-state index in [2.05, 4.69) is 24.7 Å². The fraction of sp³-hybridized carbons (Fsp3) is 0.500. The van der Waals surface area contributed by atoms with E-state index in [-0.39, 0.29) is 5.91 Å². The van der Waals surface area contributed by atoms with Gasteiger partial charge in [-0.25, -0.2) is 4.68 Å².